The Kier molecular flexibility index (Phi) is 28.1. The second-order valence-corrected chi connectivity index (χ2v) is 35.2. The van der Waals surface area contributed by atoms with Crippen molar-refractivity contribution in [1.82, 2.24) is 107 Å². The number of aryl methyl sites for hydroxylation is 1. The summed E-state index contributed by atoms with van der Waals surface area (Å²) in [6.45, 7) is 4.43. The maximum Gasteiger partial charge on any atom is 0.522 e. The minimum Gasteiger partial charge on any atom is -0.472 e. The van der Waals surface area contributed by atoms with Crippen LogP contribution in [0.2, 0.25) is 0 Å². The Morgan fingerprint density at radius 3 is 1.09 bits per heavy atom. The number of H-pyrrole nitrogens is 5. The first-order chi connectivity index (χ1) is 70.8. The van der Waals surface area contributed by atoms with Gasteiger partial charge in [0.1, 0.15) is 63.1 Å². The van der Waals surface area contributed by atoms with Crippen LogP contribution in [0.3, 0.4) is 0 Å². The maximum absolute atomic E-state index is 13.6. The Hall–Kier alpha value is -17.2. The highest BCUT2D eigenvalue weighted by Gasteiger charge is 2.33. The van der Waals surface area contributed by atoms with Gasteiger partial charge in [-0.05, 0) is 266 Å². The molecule has 1 aliphatic carbocycles. The zero-order valence-corrected chi connectivity index (χ0v) is 78.7. The first kappa shape index (κ1) is 95.3. The number of alkyl halides is 3. The number of carbonyl (C=O) groups is 1. The fourth-order valence-corrected chi connectivity index (χ4v) is 19.1. The summed E-state index contributed by atoms with van der Waals surface area (Å²) in [6, 6.07) is 58.4. The summed E-state index contributed by atoms with van der Waals surface area (Å²) < 4.78 is 134. The summed E-state index contributed by atoms with van der Waals surface area (Å²) in [6.07, 6.45) is 33.5. The number of nitrogens with one attached hydrogen (secondary N) is 5. The molecule has 22 aromatic rings. The van der Waals surface area contributed by atoms with Gasteiger partial charge in [0.05, 0.1) is 134 Å². The number of halogens is 8. The average molecular weight is 1960 g/mol. The van der Waals surface area contributed by atoms with Gasteiger partial charge in [-0.3, -0.25) is 4.74 Å². The molecule has 5 N–H and O–H groups in total. The number of aromatic amines is 5. The largest absolute Gasteiger partial charge is 0.522 e. The highest BCUT2D eigenvalue weighted by molar-refractivity contribution is 6.01. The molecule has 732 valence electrons. The molecule has 17 aromatic heterocycles. The zero-order valence-electron chi connectivity index (χ0n) is 78.7. The molecule has 0 unspecified atom stereocenters. The van der Waals surface area contributed by atoms with Gasteiger partial charge in [0.15, 0.2) is 0 Å². The molecule has 2 fully saturated rings. The number of ether oxygens (including phenoxy) is 2. The molecule has 1 amide bonds. The van der Waals surface area contributed by atoms with Gasteiger partial charge in [0.25, 0.3) is 0 Å². The fourth-order valence-electron chi connectivity index (χ4n) is 19.1. The Balaban J connectivity index is 0.000000111. The summed E-state index contributed by atoms with van der Waals surface area (Å²) in [5.41, 5.74) is 22.7. The molecule has 145 heavy (non-hydrogen) atoms. The van der Waals surface area contributed by atoms with Crippen LogP contribution in [0.4, 0.5) is 39.9 Å². The minimum absolute atomic E-state index is 0.146. The van der Waals surface area contributed by atoms with E-state index in [0.29, 0.717) is 61.8 Å². The number of aromatic nitrogens is 20. The van der Waals surface area contributed by atoms with Gasteiger partial charge in [-0.1, -0.05) is 0 Å². The number of nitrogens with zero attached hydrogens (tertiary/aromatic N) is 17. The molecule has 35 heteroatoms. The van der Waals surface area contributed by atoms with Gasteiger partial charge in [-0.2, -0.15) is 0 Å². The summed E-state index contributed by atoms with van der Waals surface area (Å²) in [5.74, 6) is -0.589. The van der Waals surface area contributed by atoms with Crippen LogP contribution in [0.5, 0.6) is 0 Å². The van der Waals surface area contributed by atoms with Crippen molar-refractivity contribution in [2.45, 2.75) is 96.0 Å². The van der Waals surface area contributed by atoms with E-state index in [4.69, 9.17) is 23.5 Å². The standard InChI is InChI=1S/C24H24FN5O2.C24H26FN5.2C21H15FN4O.C20H16F4N4O/c1-2-32-24(31)29-13-9-18(10-14-29)30-15-28-21(16-3-5-17(25)6-4-16)22(30)19-7-11-26-23-20(19)8-12-27-23;1-29(2)18-7-9-19(10-8-18)30-15-28-22(16-3-5-17(25)6-4-16)23(30)20-11-13-26-24-21(20)12-14-27-24;22-16-3-1-15(2-4-16)19-20(17-5-8-23-21-18(17)6-9-24-21)26(13-25-19)11-14-7-10-27-12-14;22-15-5-3-14(4-6-15)19-20(17-7-9-23-21-18(17)8-10-24-21)26(13-25-19)12-16-2-1-11-27-16;21-14-4-2-13(3-5-14)17-18(15-6-8-25-19-16(15)7-9-26-19)28(12-27-17)10-1-11-29-20(22,23)24/h3-8,11-12,15,18H,2,9-10,13-14H2,1H3,(H,26,27);3-6,11-15,18-19H,7-10H2,1-2H3,(H,26,27);1-10,12-13H,11H2,(H,23,24);1-11,13H,12H2,(H,23,24);2-9,12H,1,10-11H2,(H,25,26). The van der Waals surface area contributed by atoms with E-state index in [1.54, 1.807) is 127 Å². The van der Waals surface area contributed by atoms with Crippen molar-refractivity contribution in [2.24, 2.45) is 0 Å². The number of benzene rings is 5. The van der Waals surface area contributed by atoms with Crippen molar-refractivity contribution in [1.29, 1.82) is 0 Å². The summed E-state index contributed by atoms with van der Waals surface area (Å²) in [5, 5.41) is 4.94. The molecule has 0 atom stereocenters. The predicted octanol–water partition coefficient (Wildman–Crippen LogP) is 25.2. The number of carbonyl (C=O) groups excluding carboxylic acids is 1. The molecule has 5 aromatic carbocycles. The number of hydrogen-bond donors (Lipinski definition) is 5. The summed E-state index contributed by atoms with van der Waals surface area (Å²) in [7, 11) is 4.33. The molecule has 0 bridgehead atoms. The normalized spacial score (nSPS) is 13.9. The monoisotopic (exact) mass is 1960 g/mol. The SMILES string of the molecule is CCOC(=O)N1CCC(n2cnc(-c3ccc(F)cc3)c2-c2ccnc3[nH]ccc23)CC1.CN(C)C1CCC(n2cnc(-c3ccc(F)cc3)c2-c2ccnc3[nH]ccc23)CC1.Fc1ccc(-c2ncn(CCCOC(F)(F)F)c2-c2ccnc3[nH]ccc23)cc1.Fc1ccc(-c2ncn(Cc3ccco3)c2-c2ccnc3[nH]ccc23)cc1.Fc1ccc(-c2ncn(Cc3ccoc3)c2-c2ccnc3[nH]ccc23)cc1. The minimum atomic E-state index is -4.65. The van der Waals surface area contributed by atoms with E-state index >= 15 is 0 Å². The van der Waals surface area contributed by atoms with Gasteiger partial charge >= 0.3 is 12.5 Å². The number of amides is 1. The third-order valence-electron chi connectivity index (χ3n) is 26.1. The van der Waals surface area contributed by atoms with Crippen LogP contribution in [0.25, 0.3) is 168 Å². The lowest BCUT2D eigenvalue weighted by Crippen LogP contribution is -2.39. The molecule has 24 rings (SSSR count). The molecule has 27 nitrogen and oxygen atoms in total. The van der Waals surface area contributed by atoms with E-state index in [1.807, 2.05) is 134 Å². The first-order valence-corrected chi connectivity index (χ1v) is 47.3. The van der Waals surface area contributed by atoms with E-state index in [-0.39, 0.29) is 54.2 Å². The highest BCUT2D eigenvalue weighted by Crippen LogP contribution is 2.45. The van der Waals surface area contributed by atoms with E-state index < -0.39 is 13.0 Å². The molecule has 0 spiro atoms. The molecular formula is C110H96F8N22O5. The summed E-state index contributed by atoms with van der Waals surface area (Å²) in [4.78, 5) is 77.1. The van der Waals surface area contributed by atoms with Crippen molar-refractivity contribution in [3.63, 3.8) is 0 Å². The Bertz CT molecular complexity index is 7920. The van der Waals surface area contributed by atoms with Crippen molar-refractivity contribution < 1.29 is 58.2 Å². The lowest BCUT2D eigenvalue weighted by Gasteiger charge is -2.34. The van der Waals surface area contributed by atoms with Crippen molar-refractivity contribution in [3.8, 4) is 113 Å². The van der Waals surface area contributed by atoms with E-state index in [2.05, 4.69) is 114 Å². The van der Waals surface area contributed by atoms with E-state index in [1.165, 1.54) is 73.5 Å². The average Bonchev–Trinajstić information content (AvgIpc) is 1.70. The zero-order chi connectivity index (χ0) is 99.6. The molecule has 2 aliphatic rings. The van der Waals surface area contributed by atoms with Crippen LogP contribution in [0.15, 0.2) is 321 Å². The lowest BCUT2D eigenvalue weighted by molar-refractivity contribution is -0.324. The van der Waals surface area contributed by atoms with Gasteiger partial charge in [-0.25, -0.2) is 76.6 Å². The lowest BCUT2D eigenvalue weighted by atomic mass is 9.90. The fraction of sp³-hybridized carbons (Fsp3) is 0.191. The van der Waals surface area contributed by atoms with E-state index in [9.17, 15) is 39.9 Å². The Morgan fingerprint density at radius 1 is 0.400 bits per heavy atom. The second-order valence-electron chi connectivity index (χ2n) is 35.2. The molecule has 0 radical (unpaired) electrons. The van der Waals surface area contributed by atoms with Gasteiger partial charge < -0.3 is 71.1 Å². The van der Waals surface area contributed by atoms with Crippen LogP contribution in [0, 0.1) is 29.1 Å². The van der Waals surface area contributed by atoms with Crippen LogP contribution in [-0.2, 0) is 29.1 Å². The van der Waals surface area contributed by atoms with Crippen LogP contribution in [0.1, 0.15) is 75.3 Å². The van der Waals surface area contributed by atoms with Crippen molar-refractivity contribution in [3.05, 3.63) is 353 Å². The number of piperidine rings is 1. The smallest absolute Gasteiger partial charge is 0.472 e. The number of likely N-dealkylation sites (tertiary alicyclic amines) is 1. The Labute approximate surface area is 824 Å². The molecular weight excluding hydrogens is 1860 g/mol. The summed E-state index contributed by atoms with van der Waals surface area (Å²) >= 11 is 0. The quantitative estimate of drug-likeness (QED) is 0.0311. The number of pyridine rings is 5. The second kappa shape index (κ2) is 42.7. The van der Waals surface area contributed by atoms with Gasteiger partial charge in [0.2, 0.25) is 0 Å². The molecule has 1 saturated carbocycles. The van der Waals surface area contributed by atoms with Gasteiger partial charge in [0, 0.05) is 188 Å². The highest BCUT2D eigenvalue weighted by atomic mass is 19.4. The number of hydrogen-bond acceptors (Lipinski definition) is 16. The van der Waals surface area contributed by atoms with Gasteiger partial charge in [-0.15, -0.1) is 13.2 Å². The molecule has 18 heterocycles. The Morgan fingerprint density at radius 2 is 0.745 bits per heavy atom. The molecule has 1 saturated heterocycles. The number of fused-ring (bicyclic) bond motifs is 5. The van der Waals surface area contributed by atoms with E-state index in [0.717, 1.165) is 188 Å². The number of imidazole rings is 5. The number of furan rings is 2. The first-order valence-electron chi connectivity index (χ1n) is 47.3. The van der Waals surface area contributed by atoms with Crippen molar-refractivity contribution >= 4 is 61.3 Å². The van der Waals surface area contributed by atoms with Crippen LogP contribution < -0.4 is 0 Å². The van der Waals surface area contributed by atoms with Crippen molar-refractivity contribution in [2.75, 3.05) is 40.4 Å². The van der Waals surface area contributed by atoms with Crippen LogP contribution >= 0.6 is 0 Å². The third kappa shape index (κ3) is 21.0. The van der Waals surface area contributed by atoms with Crippen LogP contribution in [-0.4, -0.2) is 166 Å². The third-order valence-corrected chi connectivity index (χ3v) is 26.1. The topological polar surface area (TPSA) is 301 Å². The number of rotatable bonds is 22. The molecule has 1 aliphatic heterocycles. The predicted molar refractivity (Wildman–Crippen MR) is 538 cm³/mol. The maximum atomic E-state index is 13.6.